The van der Waals surface area contributed by atoms with E-state index in [0.717, 1.165) is 5.56 Å². The Balaban J connectivity index is 1.85. The van der Waals surface area contributed by atoms with E-state index in [-0.39, 0.29) is 10.5 Å². The molecule has 4 aromatic rings. The Labute approximate surface area is 205 Å². The molecule has 7 nitrogen and oxygen atoms in total. The molecule has 1 unspecified atom stereocenters. The van der Waals surface area contributed by atoms with E-state index in [1.165, 1.54) is 15.9 Å². The zero-order valence-electron chi connectivity index (χ0n) is 20.5. The van der Waals surface area contributed by atoms with E-state index < -0.39 is 16.1 Å². The summed E-state index contributed by atoms with van der Waals surface area (Å²) in [6.07, 6.45) is 0. The van der Waals surface area contributed by atoms with Crippen LogP contribution in [0.2, 0.25) is 0 Å². The summed E-state index contributed by atoms with van der Waals surface area (Å²) in [7, 11) is -0.767. The number of para-hydroxylation sites is 1. The quantitative estimate of drug-likeness (QED) is 0.367. The van der Waals surface area contributed by atoms with Crippen molar-refractivity contribution in [2.75, 3.05) is 14.2 Å². The molecule has 4 rings (SSSR count). The second-order valence-corrected chi connectivity index (χ2v) is 10.7. The average Bonchev–Trinajstić information content (AvgIpc) is 2.88. The summed E-state index contributed by atoms with van der Waals surface area (Å²) in [4.78, 5) is 18.5. The fourth-order valence-corrected chi connectivity index (χ4v) is 5.30. The maximum Gasteiger partial charge on any atom is 0.266 e. The topological polar surface area (TPSA) is 81.5 Å². The summed E-state index contributed by atoms with van der Waals surface area (Å²) in [5.74, 6) is 1.27. The Kier molecular flexibility index (Phi) is 6.78. The first-order valence-corrected chi connectivity index (χ1v) is 12.8. The van der Waals surface area contributed by atoms with Gasteiger partial charge in [-0.25, -0.2) is 13.4 Å². The van der Waals surface area contributed by atoms with Gasteiger partial charge in [0, 0.05) is 7.05 Å². The first kappa shape index (κ1) is 24.6. The summed E-state index contributed by atoms with van der Waals surface area (Å²) in [5, 5.41) is 0.453. The van der Waals surface area contributed by atoms with Crippen molar-refractivity contribution in [3.05, 3.63) is 94.5 Å². The van der Waals surface area contributed by atoms with Gasteiger partial charge >= 0.3 is 0 Å². The Bertz CT molecular complexity index is 1510. The molecular formula is C27H29N3O4S. The number of hydrogen-bond acceptors (Lipinski definition) is 5. The smallest absolute Gasteiger partial charge is 0.266 e. The van der Waals surface area contributed by atoms with Crippen LogP contribution < -0.4 is 10.3 Å². The molecule has 0 aliphatic rings. The second kappa shape index (κ2) is 9.64. The van der Waals surface area contributed by atoms with Crippen molar-refractivity contribution in [2.24, 2.45) is 0 Å². The largest absolute Gasteiger partial charge is 0.497 e. The lowest BCUT2D eigenvalue weighted by molar-refractivity contribution is 0.379. The van der Waals surface area contributed by atoms with Crippen molar-refractivity contribution in [1.29, 1.82) is 0 Å². The molecule has 0 radical (unpaired) electrons. The predicted octanol–water partition coefficient (Wildman–Crippen LogP) is 4.90. The van der Waals surface area contributed by atoms with Crippen molar-refractivity contribution < 1.29 is 13.2 Å². The Morgan fingerprint density at radius 3 is 2.14 bits per heavy atom. The van der Waals surface area contributed by atoms with Crippen LogP contribution in [0.5, 0.6) is 5.75 Å². The molecule has 1 atom stereocenters. The number of ether oxygens (including phenoxy) is 1. The molecule has 0 saturated carbocycles. The predicted molar refractivity (Wildman–Crippen MR) is 138 cm³/mol. The monoisotopic (exact) mass is 491 g/mol. The minimum atomic E-state index is -3.85. The van der Waals surface area contributed by atoms with Crippen molar-refractivity contribution >= 4 is 20.9 Å². The van der Waals surface area contributed by atoms with Crippen LogP contribution in [0.15, 0.2) is 82.5 Å². The van der Waals surface area contributed by atoms with Gasteiger partial charge in [-0.3, -0.25) is 9.36 Å². The Morgan fingerprint density at radius 2 is 1.54 bits per heavy atom. The molecular weight excluding hydrogens is 462 g/mol. The number of nitrogens with zero attached hydrogens (tertiary/aromatic N) is 3. The molecule has 3 aromatic carbocycles. The molecule has 0 bridgehead atoms. The maximum atomic E-state index is 13.6. The molecule has 182 valence electrons. The number of aromatic nitrogens is 2. The van der Waals surface area contributed by atoms with Crippen molar-refractivity contribution in [3.8, 4) is 11.4 Å². The summed E-state index contributed by atoms with van der Waals surface area (Å²) >= 11 is 0. The number of sulfonamides is 1. The number of fused-ring (bicyclic) bond motifs is 1. The van der Waals surface area contributed by atoms with Gasteiger partial charge in [-0.15, -0.1) is 0 Å². The van der Waals surface area contributed by atoms with Crippen LogP contribution in [0.4, 0.5) is 0 Å². The number of benzene rings is 3. The molecule has 0 N–H and O–H groups in total. The minimum Gasteiger partial charge on any atom is -0.497 e. The summed E-state index contributed by atoms with van der Waals surface area (Å²) in [6.45, 7) is 5.85. The first-order chi connectivity index (χ1) is 16.6. The lowest BCUT2D eigenvalue weighted by atomic mass is 10.0. The molecule has 1 heterocycles. The zero-order valence-corrected chi connectivity index (χ0v) is 21.3. The number of hydrogen-bond donors (Lipinski definition) is 0. The van der Waals surface area contributed by atoms with Crippen LogP contribution >= 0.6 is 0 Å². The standard InChI is InChI=1S/C27H29N3O4S/c1-18(2)20-10-16-23(17-11-20)35(32,33)29(4)19(3)26-28-25-9-7-6-8-24(25)27(31)30(26)21-12-14-22(34-5)15-13-21/h6-19H,1-5H3. The van der Waals surface area contributed by atoms with E-state index in [9.17, 15) is 13.2 Å². The van der Waals surface area contributed by atoms with Gasteiger partial charge in [0.15, 0.2) is 0 Å². The van der Waals surface area contributed by atoms with Crippen LogP contribution in [0.1, 0.15) is 44.1 Å². The Hall–Kier alpha value is -3.49. The van der Waals surface area contributed by atoms with E-state index in [2.05, 4.69) is 13.8 Å². The third-order valence-electron chi connectivity index (χ3n) is 6.28. The number of rotatable bonds is 7. The van der Waals surface area contributed by atoms with Crippen LogP contribution in [-0.2, 0) is 10.0 Å². The second-order valence-electron chi connectivity index (χ2n) is 8.75. The summed E-state index contributed by atoms with van der Waals surface area (Å²) < 4.78 is 35.0. The zero-order chi connectivity index (χ0) is 25.3. The first-order valence-electron chi connectivity index (χ1n) is 11.4. The van der Waals surface area contributed by atoms with Crippen LogP contribution in [0.25, 0.3) is 16.6 Å². The minimum absolute atomic E-state index is 0.190. The fourth-order valence-electron chi connectivity index (χ4n) is 3.97. The van der Waals surface area contributed by atoms with E-state index in [1.54, 1.807) is 74.7 Å². The average molecular weight is 492 g/mol. The van der Waals surface area contributed by atoms with Gasteiger partial charge in [-0.05, 0) is 66.9 Å². The van der Waals surface area contributed by atoms with Gasteiger partial charge in [0.25, 0.3) is 5.56 Å². The third kappa shape index (κ3) is 4.59. The van der Waals surface area contributed by atoms with Crippen molar-refractivity contribution in [1.82, 2.24) is 13.9 Å². The van der Waals surface area contributed by atoms with Crippen LogP contribution in [0.3, 0.4) is 0 Å². The molecule has 0 spiro atoms. The molecule has 0 aliphatic carbocycles. The molecule has 1 aromatic heterocycles. The fraction of sp³-hybridized carbons (Fsp3) is 0.259. The van der Waals surface area contributed by atoms with Crippen LogP contribution in [0, 0.1) is 0 Å². The molecule has 8 heteroatoms. The highest BCUT2D eigenvalue weighted by Gasteiger charge is 2.30. The molecule has 0 aliphatic heterocycles. The highest BCUT2D eigenvalue weighted by molar-refractivity contribution is 7.89. The molecule has 0 saturated heterocycles. The maximum absolute atomic E-state index is 13.6. The normalized spacial score (nSPS) is 12.9. The number of methoxy groups -OCH3 is 1. The van der Waals surface area contributed by atoms with E-state index in [0.29, 0.717) is 34.1 Å². The van der Waals surface area contributed by atoms with E-state index >= 15 is 0 Å². The van der Waals surface area contributed by atoms with Gasteiger partial charge in [-0.1, -0.05) is 38.1 Å². The highest BCUT2D eigenvalue weighted by atomic mass is 32.2. The van der Waals surface area contributed by atoms with Crippen molar-refractivity contribution in [2.45, 2.75) is 37.6 Å². The Morgan fingerprint density at radius 1 is 0.914 bits per heavy atom. The molecule has 0 amide bonds. The van der Waals surface area contributed by atoms with Crippen molar-refractivity contribution in [3.63, 3.8) is 0 Å². The van der Waals surface area contributed by atoms with Gasteiger partial charge in [0.2, 0.25) is 10.0 Å². The summed E-state index contributed by atoms with van der Waals surface area (Å²) in [5.41, 5.74) is 1.87. The highest BCUT2D eigenvalue weighted by Crippen LogP contribution is 2.28. The summed E-state index contributed by atoms with van der Waals surface area (Å²) in [6, 6.07) is 20.3. The van der Waals surface area contributed by atoms with Gasteiger partial charge in [-0.2, -0.15) is 4.31 Å². The van der Waals surface area contributed by atoms with E-state index in [4.69, 9.17) is 9.72 Å². The third-order valence-corrected chi connectivity index (χ3v) is 8.22. The van der Waals surface area contributed by atoms with Gasteiger partial charge in [0.1, 0.15) is 11.6 Å². The van der Waals surface area contributed by atoms with E-state index in [1.807, 2.05) is 12.1 Å². The molecule has 0 fully saturated rings. The van der Waals surface area contributed by atoms with Crippen LogP contribution in [-0.4, -0.2) is 36.4 Å². The van der Waals surface area contributed by atoms with Gasteiger partial charge < -0.3 is 4.74 Å². The molecule has 35 heavy (non-hydrogen) atoms. The lowest BCUT2D eigenvalue weighted by Crippen LogP contribution is -2.35. The van der Waals surface area contributed by atoms with Gasteiger partial charge in [0.05, 0.1) is 34.6 Å². The SMILES string of the molecule is COc1ccc(-n2c(C(C)N(C)S(=O)(=O)c3ccc(C(C)C)cc3)nc3ccccc3c2=O)cc1. The lowest BCUT2D eigenvalue weighted by Gasteiger charge is -2.26.